The summed E-state index contributed by atoms with van der Waals surface area (Å²) in [6.07, 6.45) is -1.92. The first-order valence-corrected chi connectivity index (χ1v) is 11.0. The maximum atomic E-state index is 12.6. The van der Waals surface area contributed by atoms with Crippen molar-refractivity contribution in [2.24, 2.45) is 0 Å². The van der Waals surface area contributed by atoms with Gasteiger partial charge >= 0.3 is 24.0 Å². The molecule has 1 unspecified atom stereocenters. The predicted octanol–water partition coefficient (Wildman–Crippen LogP) is 4.35. The van der Waals surface area contributed by atoms with E-state index in [2.05, 4.69) is 5.32 Å². The third-order valence-corrected chi connectivity index (χ3v) is 4.88. The van der Waals surface area contributed by atoms with Crippen molar-refractivity contribution in [1.29, 1.82) is 0 Å². The highest BCUT2D eigenvalue weighted by Crippen LogP contribution is 2.26. The van der Waals surface area contributed by atoms with Gasteiger partial charge in [0, 0.05) is 19.0 Å². The van der Waals surface area contributed by atoms with Crippen LogP contribution < -0.4 is 5.32 Å². The Labute approximate surface area is 204 Å². The van der Waals surface area contributed by atoms with Gasteiger partial charge in [0.15, 0.2) is 0 Å². The van der Waals surface area contributed by atoms with Gasteiger partial charge in [0.25, 0.3) is 0 Å². The molecule has 1 amide bonds. The van der Waals surface area contributed by atoms with Crippen LogP contribution in [0.15, 0.2) is 42.5 Å². The van der Waals surface area contributed by atoms with Gasteiger partial charge in [0.2, 0.25) is 6.10 Å². The molecule has 2 rings (SSSR count). The van der Waals surface area contributed by atoms with Crippen molar-refractivity contribution < 1.29 is 38.1 Å². The molecule has 2 aromatic rings. The van der Waals surface area contributed by atoms with Gasteiger partial charge in [-0.3, -0.25) is 10.1 Å². The first-order chi connectivity index (χ1) is 16.4. The minimum absolute atomic E-state index is 0.0323. The molecule has 188 valence electrons. The number of hydrogen-bond donors (Lipinski definition) is 1. The molecule has 9 nitrogen and oxygen atoms in total. The van der Waals surface area contributed by atoms with Gasteiger partial charge in [0.05, 0.1) is 12.7 Å². The van der Waals surface area contributed by atoms with Gasteiger partial charge < -0.3 is 18.9 Å². The number of carbonyl (C=O) groups is 4. The van der Waals surface area contributed by atoms with Crippen LogP contribution in [0.3, 0.4) is 0 Å². The Balaban J connectivity index is 2.36. The molecule has 0 heterocycles. The Morgan fingerprint density at radius 1 is 1.00 bits per heavy atom. The normalized spacial score (nSPS) is 11.7. The van der Waals surface area contributed by atoms with E-state index in [1.807, 2.05) is 0 Å². The van der Waals surface area contributed by atoms with Gasteiger partial charge in [-0.1, -0.05) is 24.3 Å². The van der Waals surface area contributed by atoms with Crippen LogP contribution in [-0.2, 0) is 41.6 Å². The van der Waals surface area contributed by atoms with Crippen molar-refractivity contribution in [3.8, 4) is 0 Å². The number of methoxy groups -OCH3 is 1. The zero-order valence-corrected chi connectivity index (χ0v) is 20.8. The van der Waals surface area contributed by atoms with Crippen molar-refractivity contribution in [3.05, 3.63) is 64.7 Å². The second-order valence-corrected chi connectivity index (χ2v) is 8.77. The van der Waals surface area contributed by atoms with Gasteiger partial charge in [-0.05, 0) is 62.6 Å². The van der Waals surface area contributed by atoms with Crippen LogP contribution in [-0.4, -0.2) is 42.8 Å². The summed E-state index contributed by atoms with van der Waals surface area (Å²) in [5, 5.41) is 2.68. The number of esters is 3. The molecule has 0 saturated heterocycles. The Bertz CT molecular complexity index is 1070. The highest BCUT2D eigenvalue weighted by Gasteiger charge is 2.27. The smallest absolute Gasteiger partial charge is 0.412 e. The number of amides is 1. The van der Waals surface area contributed by atoms with E-state index in [9.17, 15) is 19.2 Å². The fraction of sp³-hybridized carbons (Fsp3) is 0.385. The second-order valence-electron chi connectivity index (χ2n) is 8.77. The molecule has 9 heteroatoms. The Morgan fingerprint density at radius 3 is 2.23 bits per heavy atom. The average molecular weight is 486 g/mol. The standard InChI is InChI=1S/C26H31NO8/c1-16-20(15-33-17(2)28)19(12-13-21(16)27-25(31)35-26(3,4)5)14-22(24(30)32-6)34-23(29)18-10-8-7-9-11-18/h7-13,22H,14-15H2,1-6H3,(H,27,31). The van der Waals surface area contributed by atoms with E-state index in [0.717, 1.165) is 0 Å². The SMILES string of the molecule is COC(=O)C(Cc1ccc(NC(=O)OC(C)(C)C)c(C)c1COC(C)=O)OC(=O)c1ccccc1. The Morgan fingerprint density at radius 2 is 1.66 bits per heavy atom. The van der Waals surface area contributed by atoms with Crippen LogP contribution in [0.4, 0.5) is 10.5 Å². The van der Waals surface area contributed by atoms with E-state index in [1.165, 1.54) is 14.0 Å². The van der Waals surface area contributed by atoms with Gasteiger partial charge in [-0.15, -0.1) is 0 Å². The predicted molar refractivity (Wildman–Crippen MR) is 128 cm³/mol. The van der Waals surface area contributed by atoms with E-state index in [1.54, 1.807) is 70.2 Å². The lowest BCUT2D eigenvalue weighted by Gasteiger charge is -2.22. The summed E-state index contributed by atoms with van der Waals surface area (Å²) in [6.45, 7) is 8.14. The van der Waals surface area contributed by atoms with Gasteiger partial charge in [-0.2, -0.15) is 0 Å². The molecule has 1 N–H and O–H groups in total. The molecule has 0 aliphatic heterocycles. The van der Waals surface area contributed by atoms with E-state index >= 15 is 0 Å². The fourth-order valence-electron chi connectivity index (χ4n) is 3.20. The molecule has 0 fully saturated rings. The van der Waals surface area contributed by atoms with Crippen LogP contribution in [0.1, 0.15) is 54.7 Å². The summed E-state index contributed by atoms with van der Waals surface area (Å²) in [7, 11) is 1.20. The minimum Gasteiger partial charge on any atom is -0.466 e. The summed E-state index contributed by atoms with van der Waals surface area (Å²) in [6, 6.07) is 11.6. The third kappa shape index (κ3) is 8.44. The van der Waals surface area contributed by atoms with Crippen molar-refractivity contribution >= 4 is 29.7 Å². The quantitative estimate of drug-likeness (QED) is 0.433. The zero-order valence-electron chi connectivity index (χ0n) is 20.8. The lowest BCUT2D eigenvalue weighted by molar-refractivity contribution is -0.151. The lowest BCUT2D eigenvalue weighted by Crippen LogP contribution is -2.31. The van der Waals surface area contributed by atoms with Crippen LogP contribution in [0.5, 0.6) is 0 Å². The van der Waals surface area contributed by atoms with Crippen LogP contribution in [0.25, 0.3) is 0 Å². The summed E-state index contributed by atoms with van der Waals surface area (Å²) in [5.74, 6) is -1.91. The van der Waals surface area contributed by atoms with Crippen LogP contribution in [0, 0.1) is 6.92 Å². The van der Waals surface area contributed by atoms with Crippen molar-refractivity contribution in [2.45, 2.75) is 59.4 Å². The number of anilines is 1. The molecule has 0 aliphatic rings. The fourth-order valence-corrected chi connectivity index (χ4v) is 3.20. The molecule has 0 aromatic heterocycles. The van der Waals surface area contributed by atoms with Crippen LogP contribution in [0.2, 0.25) is 0 Å². The van der Waals surface area contributed by atoms with Gasteiger partial charge in [0.1, 0.15) is 12.2 Å². The maximum Gasteiger partial charge on any atom is 0.412 e. The number of benzene rings is 2. The van der Waals surface area contributed by atoms with E-state index < -0.39 is 35.7 Å². The molecule has 0 spiro atoms. The number of nitrogens with one attached hydrogen (secondary N) is 1. The summed E-state index contributed by atoms with van der Waals surface area (Å²) < 4.78 is 20.8. The molecule has 35 heavy (non-hydrogen) atoms. The number of rotatable bonds is 8. The van der Waals surface area contributed by atoms with Crippen molar-refractivity contribution in [2.75, 3.05) is 12.4 Å². The topological polar surface area (TPSA) is 117 Å². The van der Waals surface area contributed by atoms with Crippen molar-refractivity contribution in [3.63, 3.8) is 0 Å². The molecule has 2 aromatic carbocycles. The first-order valence-electron chi connectivity index (χ1n) is 11.0. The highest BCUT2D eigenvalue weighted by molar-refractivity contribution is 5.91. The van der Waals surface area contributed by atoms with Crippen molar-refractivity contribution in [1.82, 2.24) is 0 Å². The van der Waals surface area contributed by atoms with E-state index in [0.29, 0.717) is 22.4 Å². The molecule has 0 radical (unpaired) electrons. The molecule has 1 atom stereocenters. The molecule has 0 aliphatic carbocycles. The Kier molecular flexibility index (Phi) is 9.39. The minimum atomic E-state index is -1.24. The molecule has 0 bridgehead atoms. The van der Waals surface area contributed by atoms with Gasteiger partial charge in [-0.25, -0.2) is 14.4 Å². The lowest BCUT2D eigenvalue weighted by atomic mass is 9.96. The largest absolute Gasteiger partial charge is 0.466 e. The summed E-state index contributed by atoms with van der Waals surface area (Å²) in [4.78, 5) is 48.7. The first kappa shape index (κ1) is 27.4. The number of hydrogen-bond acceptors (Lipinski definition) is 8. The number of ether oxygens (including phenoxy) is 4. The average Bonchev–Trinajstić information content (AvgIpc) is 2.78. The summed E-state index contributed by atoms with van der Waals surface area (Å²) >= 11 is 0. The summed E-state index contributed by atoms with van der Waals surface area (Å²) in [5.41, 5.74) is 1.78. The molecular formula is C26H31NO8. The molecular weight excluding hydrogens is 454 g/mol. The Hall–Kier alpha value is -3.88. The molecule has 0 saturated carbocycles. The van der Waals surface area contributed by atoms with E-state index in [4.69, 9.17) is 18.9 Å². The zero-order chi connectivity index (χ0) is 26.2. The monoisotopic (exact) mass is 485 g/mol. The second kappa shape index (κ2) is 12.0. The maximum absolute atomic E-state index is 12.6. The number of carbonyl (C=O) groups excluding carboxylic acids is 4. The third-order valence-electron chi connectivity index (χ3n) is 4.88. The van der Waals surface area contributed by atoms with E-state index in [-0.39, 0.29) is 18.6 Å². The van der Waals surface area contributed by atoms with Crippen LogP contribution >= 0.6 is 0 Å². The highest BCUT2D eigenvalue weighted by atomic mass is 16.6.